The summed E-state index contributed by atoms with van der Waals surface area (Å²) >= 11 is 0. The molecule has 0 radical (unpaired) electrons. The second-order valence-corrected chi connectivity index (χ2v) is 4.82. The van der Waals surface area contributed by atoms with Gasteiger partial charge in [0.1, 0.15) is 0 Å². The Morgan fingerprint density at radius 2 is 1.76 bits per heavy atom. The minimum absolute atomic E-state index is 0.475. The Morgan fingerprint density at radius 1 is 1.12 bits per heavy atom. The van der Waals surface area contributed by atoms with E-state index in [1.807, 2.05) is 0 Å². The topological polar surface area (TPSA) is 95.1 Å². The minimum atomic E-state index is -4.04. The molecule has 2 N–H and O–H groups in total. The van der Waals surface area contributed by atoms with E-state index in [9.17, 15) is 13.2 Å². The number of hydrogen-bond acceptors (Lipinski definition) is 4. The van der Waals surface area contributed by atoms with Gasteiger partial charge in [-0.05, 0) is 18.2 Å². The molecule has 0 aliphatic heterocycles. The summed E-state index contributed by atoms with van der Waals surface area (Å²) in [6.45, 7) is 0. The van der Waals surface area contributed by atoms with E-state index in [0.717, 1.165) is 10.7 Å². The lowest BCUT2D eigenvalue weighted by Gasteiger charge is -2.04. The number of aromatic nitrogens is 2. The van der Waals surface area contributed by atoms with Crippen molar-refractivity contribution >= 4 is 10.0 Å². The van der Waals surface area contributed by atoms with Crippen LogP contribution < -0.4 is 10.7 Å². The molecule has 0 spiro atoms. The van der Waals surface area contributed by atoms with Crippen LogP contribution in [0.2, 0.25) is 0 Å². The Kier molecular flexibility index (Phi) is 2.78. The van der Waals surface area contributed by atoms with Gasteiger partial charge in [-0.2, -0.15) is 9.78 Å². The second-order valence-electron chi connectivity index (χ2n) is 3.29. The summed E-state index contributed by atoms with van der Waals surface area (Å²) in [6, 6.07) is 9.57. The van der Waals surface area contributed by atoms with E-state index in [4.69, 9.17) is 5.14 Å². The van der Waals surface area contributed by atoms with E-state index in [0.29, 0.717) is 5.69 Å². The molecule has 0 saturated heterocycles. The molecule has 2 aromatic rings. The number of sulfonamides is 1. The Labute approximate surface area is 97.4 Å². The van der Waals surface area contributed by atoms with Crippen molar-refractivity contribution in [2.45, 2.75) is 4.90 Å². The van der Waals surface area contributed by atoms with Gasteiger partial charge >= 0.3 is 0 Å². The summed E-state index contributed by atoms with van der Waals surface area (Å²) in [5.74, 6) is 0. The molecule has 0 saturated carbocycles. The molecule has 0 amide bonds. The lowest BCUT2D eigenvalue weighted by Crippen LogP contribution is -2.29. The van der Waals surface area contributed by atoms with Crippen LogP contribution in [0.5, 0.6) is 0 Å². The quantitative estimate of drug-likeness (QED) is 0.804. The monoisotopic (exact) mass is 251 g/mol. The van der Waals surface area contributed by atoms with Crippen molar-refractivity contribution in [1.29, 1.82) is 0 Å². The van der Waals surface area contributed by atoms with Gasteiger partial charge < -0.3 is 0 Å². The van der Waals surface area contributed by atoms with Gasteiger partial charge in [0.15, 0.2) is 4.90 Å². The zero-order chi connectivity index (χ0) is 12.5. The van der Waals surface area contributed by atoms with Crippen molar-refractivity contribution in [2.75, 3.05) is 0 Å². The maximum Gasteiger partial charge on any atom is 0.291 e. The van der Waals surface area contributed by atoms with E-state index < -0.39 is 20.5 Å². The molecule has 0 atom stereocenters. The third-order valence-electron chi connectivity index (χ3n) is 2.12. The highest BCUT2D eigenvalue weighted by atomic mass is 32.2. The summed E-state index contributed by atoms with van der Waals surface area (Å²) in [5.41, 5.74) is -0.288. The van der Waals surface area contributed by atoms with Gasteiger partial charge in [-0.3, -0.25) is 4.79 Å². The number of primary sulfonamides is 1. The second kappa shape index (κ2) is 4.11. The molecule has 88 valence electrons. The third-order valence-corrected chi connectivity index (χ3v) is 3.04. The fraction of sp³-hybridized carbons (Fsp3) is 0. The van der Waals surface area contributed by atoms with Crippen molar-refractivity contribution in [2.24, 2.45) is 5.14 Å². The Balaban J connectivity index is 2.72. The number of rotatable bonds is 2. The van der Waals surface area contributed by atoms with Crippen LogP contribution in [0.4, 0.5) is 0 Å². The molecule has 0 aliphatic carbocycles. The minimum Gasteiger partial charge on any atom is -0.266 e. The normalized spacial score (nSPS) is 11.4. The highest BCUT2D eigenvalue weighted by Gasteiger charge is 2.15. The van der Waals surface area contributed by atoms with Gasteiger partial charge in [-0.1, -0.05) is 18.2 Å². The number of nitrogens with two attached hydrogens (primary N) is 1. The van der Waals surface area contributed by atoms with Crippen molar-refractivity contribution in [1.82, 2.24) is 9.78 Å². The molecule has 0 fully saturated rings. The zero-order valence-electron chi connectivity index (χ0n) is 8.65. The van der Waals surface area contributed by atoms with Crippen molar-refractivity contribution in [3.05, 3.63) is 52.9 Å². The van der Waals surface area contributed by atoms with Crippen LogP contribution in [0.3, 0.4) is 0 Å². The van der Waals surface area contributed by atoms with Crippen molar-refractivity contribution in [3.63, 3.8) is 0 Å². The summed E-state index contributed by atoms with van der Waals surface area (Å²) in [7, 11) is -4.04. The van der Waals surface area contributed by atoms with Gasteiger partial charge in [-0.15, -0.1) is 0 Å². The molecular formula is C10H9N3O3S. The summed E-state index contributed by atoms with van der Waals surface area (Å²) < 4.78 is 23.3. The van der Waals surface area contributed by atoms with Crippen LogP contribution in [0.15, 0.2) is 52.3 Å². The fourth-order valence-electron chi connectivity index (χ4n) is 1.37. The first-order valence-electron chi connectivity index (χ1n) is 4.67. The van der Waals surface area contributed by atoms with Gasteiger partial charge in [0.05, 0.1) is 5.69 Å². The molecule has 6 nitrogen and oxygen atoms in total. The number of hydrogen-bond donors (Lipinski definition) is 1. The third kappa shape index (κ3) is 2.24. The summed E-state index contributed by atoms with van der Waals surface area (Å²) in [6.07, 6.45) is 1.22. The van der Waals surface area contributed by atoms with Gasteiger partial charge in [0, 0.05) is 6.20 Å². The maximum atomic E-state index is 11.9. The molecule has 0 unspecified atom stereocenters. The first kappa shape index (κ1) is 11.5. The van der Waals surface area contributed by atoms with E-state index in [2.05, 4.69) is 5.10 Å². The van der Waals surface area contributed by atoms with E-state index >= 15 is 0 Å². The van der Waals surface area contributed by atoms with Crippen LogP contribution in [-0.2, 0) is 10.0 Å². The summed E-state index contributed by atoms with van der Waals surface area (Å²) in [5, 5.41) is 8.74. The van der Waals surface area contributed by atoms with Gasteiger partial charge in [0.2, 0.25) is 10.0 Å². The average Bonchev–Trinajstić information content (AvgIpc) is 2.29. The lowest BCUT2D eigenvalue weighted by atomic mass is 10.3. The highest BCUT2D eigenvalue weighted by Crippen LogP contribution is 2.04. The molecule has 17 heavy (non-hydrogen) atoms. The SMILES string of the molecule is NS(=O)(=O)c1ccnn(-c2ccccc2)c1=O. The predicted octanol–water partition coefficient (Wildman–Crippen LogP) is -0.120. The van der Waals surface area contributed by atoms with Crippen molar-refractivity contribution < 1.29 is 8.42 Å². The molecule has 7 heteroatoms. The van der Waals surface area contributed by atoms with Crippen LogP contribution in [0.1, 0.15) is 0 Å². The van der Waals surface area contributed by atoms with Gasteiger partial charge in [-0.25, -0.2) is 13.6 Å². The number of benzene rings is 1. The summed E-state index contributed by atoms with van der Waals surface area (Å²) in [4.78, 5) is 11.4. The van der Waals surface area contributed by atoms with E-state index in [1.165, 1.54) is 6.20 Å². The standard InChI is InChI=1S/C10H9N3O3S/c11-17(15,16)9-6-7-12-13(10(9)14)8-4-2-1-3-5-8/h1-7H,(H2,11,15,16). The Hall–Kier alpha value is -1.99. The largest absolute Gasteiger partial charge is 0.291 e. The smallest absolute Gasteiger partial charge is 0.266 e. The van der Waals surface area contributed by atoms with E-state index in [-0.39, 0.29) is 0 Å². The zero-order valence-corrected chi connectivity index (χ0v) is 9.46. The molecule has 1 aromatic heterocycles. The lowest BCUT2D eigenvalue weighted by molar-refractivity contribution is 0.594. The molecule has 1 heterocycles. The maximum absolute atomic E-state index is 11.9. The molecule has 0 bridgehead atoms. The van der Waals surface area contributed by atoms with Crippen LogP contribution in [-0.4, -0.2) is 18.2 Å². The molecule has 1 aromatic carbocycles. The molecule has 0 aliphatic rings. The van der Waals surface area contributed by atoms with Gasteiger partial charge in [0.25, 0.3) is 5.56 Å². The highest BCUT2D eigenvalue weighted by molar-refractivity contribution is 7.89. The predicted molar refractivity (Wildman–Crippen MR) is 61.2 cm³/mol. The van der Waals surface area contributed by atoms with E-state index in [1.54, 1.807) is 30.3 Å². The number of para-hydroxylation sites is 1. The molecule has 2 rings (SSSR count). The average molecular weight is 251 g/mol. The Morgan fingerprint density at radius 3 is 2.35 bits per heavy atom. The first-order chi connectivity index (χ1) is 8.00. The first-order valence-corrected chi connectivity index (χ1v) is 6.21. The van der Waals surface area contributed by atoms with Crippen LogP contribution in [0, 0.1) is 0 Å². The van der Waals surface area contributed by atoms with Crippen molar-refractivity contribution in [3.8, 4) is 5.69 Å². The van der Waals surface area contributed by atoms with Crippen LogP contribution in [0.25, 0.3) is 5.69 Å². The number of nitrogens with zero attached hydrogens (tertiary/aromatic N) is 2. The molecular weight excluding hydrogens is 242 g/mol. The van der Waals surface area contributed by atoms with Crippen LogP contribution >= 0.6 is 0 Å². The fourth-order valence-corrected chi connectivity index (χ4v) is 1.95. The Bertz CT molecular complexity index is 692.